The van der Waals surface area contributed by atoms with Crippen molar-refractivity contribution >= 4 is 5.96 Å². The number of hydrogen-bond donors (Lipinski definition) is 2. The molecule has 0 radical (unpaired) electrons. The summed E-state index contributed by atoms with van der Waals surface area (Å²) in [5.74, 6) is 1.58. The first kappa shape index (κ1) is 17.3. The average molecular weight is 283 g/mol. The van der Waals surface area contributed by atoms with Crippen molar-refractivity contribution in [3.8, 4) is 0 Å². The van der Waals surface area contributed by atoms with Crippen LogP contribution in [0.1, 0.15) is 58.3 Å². The Hall–Kier alpha value is -0.770. The van der Waals surface area contributed by atoms with Crippen LogP contribution >= 0.6 is 0 Å². The van der Waals surface area contributed by atoms with E-state index in [0.717, 1.165) is 32.3 Å². The van der Waals surface area contributed by atoms with Gasteiger partial charge in [-0.2, -0.15) is 0 Å². The van der Waals surface area contributed by atoms with Gasteiger partial charge in [-0.3, -0.25) is 4.99 Å². The molecule has 1 saturated heterocycles. The molecule has 1 heterocycles. The Bertz CT molecular complexity index is 250. The molecule has 0 aromatic heterocycles. The molecule has 1 aliphatic rings. The normalized spacial score (nSPS) is 19.3. The molecule has 0 aromatic rings. The molecule has 1 rings (SSSR count). The molecule has 0 amide bonds. The molecule has 20 heavy (non-hydrogen) atoms. The fraction of sp³-hybridized carbons (Fsp3) is 0.938. The number of rotatable bonds is 10. The lowest BCUT2D eigenvalue weighted by molar-refractivity contribution is 0.186. The van der Waals surface area contributed by atoms with Crippen molar-refractivity contribution in [2.75, 3.05) is 33.4 Å². The van der Waals surface area contributed by atoms with Crippen molar-refractivity contribution in [3.63, 3.8) is 0 Å². The Labute approximate surface area is 124 Å². The monoisotopic (exact) mass is 283 g/mol. The van der Waals surface area contributed by atoms with E-state index < -0.39 is 0 Å². The first-order valence-corrected chi connectivity index (χ1v) is 8.39. The Morgan fingerprint density at radius 2 is 1.85 bits per heavy atom. The molecule has 0 saturated carbocycles. The highest BCUT2D eigenvalue weighted by Gasteiger charge is 2.15. The number of nitrogens with one attached hydrogen (secondary N) is 2. The highest BCUT2D eigenvalue weighted by molar-refractivity contribution is 5.79. The molecule has 0 spiro atoms. The Morgan fingerprint density at radius 3 is 2.50 bits per heavy atom. The highest BCUT2D eigenvalue weighted by Crippen LogP contribution is 2.10. The topological polar surface area (TPSA) is 45.7 Å². The summed E-state index contributed by atoms with van der Waals surface area (Å²) in [5, 5.41) is 6.78. The largest absolute Gasteiger partial charge is 0.381 e. The van der Waals surface area contributed by atoms with Gasteiger partial charge in [0.15, 0.2) is 5.96 Å². The van der Waals surface area contributed by atoms with Crippen LogP contribution in [0.5, 0.6) is 0 Å². The number of hydrogen-bond acceptors (Lipinski definition) is 2. The van der Waals surface area contributed by atoms with Crippen LogP contribution in [-0.2, 0) is 4.74 Å². The van der Waals surface area contributed by atoms with Gasteiger partial charge in [0.2, 0.25) is 0 Å². The number of aliphatic imine (C=N–C) groups is 1. The summed E-state index contributed by atoms with van der Waals surface area (Å²) in [4.78, 5) is 4.26. The molecular weight excluding hydrogens is 250 g/mol. The SMILES string of the molecule is CCCCCCCCCNC(=NC)NCC1CCOC1. The quantitative estimate of drug-likeness (QED) is 0.368. The van der Waals surface area contributed by atoms with E-state index in [1.807, 2.05) is 7.05 Å². The minimum atomic E-state index is 0.645. The van der Waals surface area contributed by atoms with Crippen LogP contribution in [0.2, 0.25) is 0 Å². The maximum atomic E-state index is 5.38. The predicted molar refractivity (Wildman–Crippen MR) is 86.3 cm³/mol. The fourth-order valence-corrected chi connectivity index (χ4v) is 2.49. The summed E-state index contributed by atoms with van der Waals surface area (Å²) in [5.41, 5.74) is 0. The third-order valence-corrected chi connectivity index (χ3v) is 3.88. The zero-order valence-electron chi connectivity index (χ0n) is 13.4. The van der Waals surface area contributed by atoms with Gasteiger partial charge in [-0.15, -0.1) is 0 Å². The molecular formula is C16H33N3O. The van der Waals surface area contributed by atoms with Crippen LogP contribution in [0.15, 0.2) is 4.99 Å². The van der Waals surface area contributed by atoms with E-state index in [-0.39, 0.29) is 0 Å². The first-order valence-electron chi connectivity index (χ1n) is 8.39. The molecule has 1 unspecified atom stereocenters. The lowest BCUT2D eigenvalue weighted by Crippen LogP contribution is -2.40. The zero-order chi connectivity index (χ0) is 14.5. The Morgan fingerprint density at radius 1 is 1.10 bits per heavy atom. The van der Waals surface area contributed by atoms with E-state index in [1.165, 1.54) is 51.4 Å². The first-order chi connectivity index (χ1) is 9.86. The van der Waals surface area contributed by atoms with Crippen molar-refractivity contribution < 1.29 is 4.74 Å². The van der Waals surface area contributed by atoms with Crippen LogP contribution < -0.4 is 10.6 Å². The fourth-order valence-electron chi connectivity index (χ4n) is 2.49. The van der Waals surface area contributed by atoms with Crippen molar-refractivity contribution in [2.24, 2.45) is 10.9 Å². The molecule has 118 valence electrons. The maximum absolute atomic E-state index is 5.38. The number of ether oxygens (including phenoxy) is 1. The summed E-state index contributed by atoms with van der Waals surface area (Å²) >= 11 is 0. The molecule has 0 bridgehead atoms. The molecule has 1 atom stereocenters. The smallest absolute Gasteiger partial charge is 0.190 e. The van der Waals surface area contributed by atoms with Crippen LogP contribution in [0.3, 0.4) is 0 Å². The summed E-state index contributed by atoms with van der Waals surface area (Å²) < 4.78 is 5.38. The predicted octanol–water partition coefficient (Wildman–Crippen LogP) is 2.94. The van der Waals surface area contributed by atoms with Crippen molar-refractivity contribution in [2.45, 2.75) is 58.3 Å². The summed E-state index contributed by atoms with van der Waals surface area (Å²) in [6.45, 7) is 6.06. The lowest BCUT2D eigenvalue weighted by atomic mass is 10.1. The molecule has 4 heteroatoms. The van der Waals surface area contributed by atoms with Gasteiger partial charge >= 0.3 is 0 Å². The van der Waals surface area contributed by atoms with E-state index >= 15 is 0 Å². The molecule has 0 aromatic carbocycles. The average Bonchev–Trinajstić information content (AvgIpc) is 2.98. The standard InChI is InChI=1S/C16H33N3O/c1-3-4-5-6-7-8-9-11-18-16(17-2)19-13-15-10-12-20-14-15/h15H,3-14H2,1-2H3,(H2,17,18,19). The van der Waals surface area contributed by atoms with Gasteiger partial charge in [0.25, 0.3) is 0 Å². The van der Waals surface area contributed by atoms with Gasteiger partial charge in [-0.1, -0.05) is 45.4 Å². The molecule has 4 nitrogen and oxygen atoms in total. The van der Waals surface area contributed by atoms with E-state index in [9.17, 15) is 0 Å². The second-order valence-electron chi connectivity index (χ2n) is 5.73. The number of nitrogens with zero attached hydrogens (tertiary/aromatic N) is 1. The van der Waals surface area contributed by atoms with Crippen LogP contribution in [0.25, 0.3) is 0 Å². The third kappa shape index (κ3) is 8.41. The van der Waals surface area contributed by atoms with Gasteiger partial charge in [-0.05, 0) is 12.8 Å². The summed E-state index contributed by atoms with van der Waals surface area (Å²) in [7, 11) is 1.84. The number of guanidine groups is 1. The van der Waals surface area contributed by atoms with E-state index in [2.05, 4.69) is 22.5 Å². The van der Waals surface area contributed by atoms with Gasteiger partial charge in [0.05, 0.1) is 6.61 Å². The summed E-state index contributed by atoms with van der Waals surface area (Å²) in [6, 6.07) is 0. The lowest BCUT2D eigenvalue weighted by Gasteiger charge is -2.14. The van der Waals surface area contributed by atoms with Gasteiger partial charge in [0, 0.05) is 32.7 Å². The van der Waals surface area contributed by atoms with Gasteiger partial charge in [-0.25, -0.2) is 0 Å². The zero-order valence-corrected chi connectivity index (χ0v) is 13.4. The molecule has 1 fully saturated rings. The number of unbranched alkanes of at least 4 members (excludes halogenated alkanes) is 6. The minimum Gasteiger partial charge on any atom is -0.381 e. The van der Waals surface area contributed by atoms with Gasteiger partial charge in [0.1, 0.15) is 0 Å². The molecule has 0 aliphatic carbocycles. The third-order valence-electron chi connectivity index (χ3n) is 3.88. The van der Waals surface area contributed by atoms with Crippen molar-refractivity contribution in [1.82, 2.24) is 10.6 Å². The second kappa shape index (κ2) is 12.0. The van der Waals surface area contributed by atoms with Crippen molar-refractivity contribution in [3.05, 3.63) is 0 Å². The second-order valence-corrected chi connectivity index (χ2v) is 5.73. The van der Waals surface area contributed by atoms with E-state index in [4.69, 9.17) is 4.74 Å². The van der Waals surface area contributed by atoms with Crippen molar-refractivity contribution in [1.29, 1.82) is 0 Å². The minimum absolute atomic E-state index is 0.645. The Kier molecular flexibility index (Phi) is 10.4. The highest BCUT2D eigenvalue weighted by atomic mass is 16.5. The molecule has 1 aliphatic heterocycles. The van der Waals surface area contributed by atoms with Gasteiger partial charge < -0.3 is 15.4 Å². The maximum Gasteiger partial charge on any atom is 0.190 e. The Balaban J connectivity index is 1.92. The van der Waals surface area contributed by atoms with Crippen LogP contribution in [0, 0.1) is 5.92 Å². The van der Waals surface area contributed by atoms with E-state index in [0.29, 0.717) is 5.92 Å². The molecule has 2 N–H and O–H groups in total. The van der Waals surface area contributed by atoms with Crippen LogP contribution in [-0.4, -0.2) is 39.3 Å². The van der Waals surface area contributed by atoms with Crippen LogP contribution in [0.4, 0.5) is 0 Å². The van der Waals surface area contributed by atoms with E-state index in [1.54, 1.807) is 0 Å². The summed E-state index contributed by atoms with van der Waals surface area (Å²) in [6.07, 6.45) is 10.6.